The number of rotatable bonds is 5. The largest absolute Gasteiger partial charge is 0.416 e. The molecular weight excluding hydrogens is 539 g/mol. The predicted molar refractivity (Wildman–Crippen MR) is 144 cm³/mol. The van der Waals surface area contributed by atoms with Crippen LogP contribution in [0.3, 0.4) is 0 Å². The van der Waals surface area contributed by atoms with Crippen LogP contribution in [0, 0.1) is 0 Å². The van der Waals surface area contributed by atoms with E-state index in [0.29, 0.717) is 54.9 Å². The van der Waals surface area contributed by atoms with Crippen LogP contribution in [-0.2, 0) is 22.3 Å². The Labute approximate surface area is 233 Å². The Kier molecular flexibility index (Phi) is 6.72. The van der Waals surface area contributed by atoms with Crippen molar-refractivity contribution in [1.82, 2.24) is 20.2 Å². The molecule has 13 heteroatoms. The number of nitrogens with one attached hydrogen (secondary N) is 2. The zero-order valence-corrected chi connectivity index (χ0v) is 21.8. The van der Waals surface area contributed by atoms with Gasteiger partial charge in [-0.3, -0.25) is 19.7 Å². The van der Waals surface area contributed by atoms with Crippen molar-refractivity contribution >= 4 is 40.9 Å². The van der Waals surface area contributed by atoms with Crippen molar-refractivity contribution in [2.75, 3.05) is 41.3 Å². The third-order valence-corrected chi connectivity index (χ3v) is 7.59. The molecule has 0 radical (unpaired) electrons. The van der Waals surface area contributed by atoms with Gasteiger partial charge in [0, 0.05) is 67.8 Å². The summed E-state index contributed by atoms with van der Waals surface area (Å²) in [7, 11) is 0. The minimum absolute atomic E-state index is 0.180. The summed E-state index contributed by atoms with van der Waals surface area (Å²) in [5, 5.41) is 5.58. The number of hydrogen-bond donors (Lipinski definition) is 2. The summed E-state index contributed by atoms with van der Waals surface area (Å²) in [6.07, 6.45) is -2.31. The Morgan fingerprint density at radius 1 is 0.951 bits per heavy atom. The number of piperidine rings is 1. The third-order valence-electron chi connectivity index (χ3n) is 7.59. The molecule has 10 nitrogen and oxygen atoms in total. The van der Waals surface area contributed by atoms with E-state index in [1.165, 1.54) is 17.0 Å². The molecule has 3 aliphatic rings. The van der Waals surface area contributed by atoms with Gasteiger partial charge in [-0.15, -0.1) is 0 Å². The molecule has 41 heavy (non-hydrogen) atoms. The Morgan fingerprint density at radius 3 is 2.46 bits per heavy atom. The molecule has 212 valence electrons. The number of nitrogens with zero attached hydrogens (tertiary/aromatic N) is 5. The lowest BCUT2D eigenvalue weighted by Gasteiger charge is -2.36. The van der Waals surface area contributed by atoms with Crippen LogP contribution < -0.4 is 20.4 Å². The lowest BCUT2D eigenvalue weighted by molar-refractivity contribution is -0.138. The standard InChI is InChI=1S/C28H26F3N7O3/c29-28(30,31)17-3-1-4-18(15-17)36-11-13-37(14-12-36)27-32-10-9-23(34-27)33-21-6-2-5-19-20(21)16-38(26(19)41)22-7-8-24(39)35-25(22)40/h1-6,9-10,15,22H,7-8,11-14,16H2,(H,32,33,34)(H,35,39,40). The number of amides is 3. The Bertz CT molecular complexity index is 1520. The number of imide groups is 1. The second kappa shape index (κ2) is 10.4. The fraction of sp³-hybridized carbons (Fsp3) is 0.321. The summed E-state index contributed by atoms with van der Waals surface area (Å²) in [6, 6.07) is 11.6. The van der Waals surface area contributed by atoms with E-state index in [0.717, 1.165) is 11.6 Å². The number of fused-ring (bicyclic) bond motifs is 1. The first-order valence-corrected chi connectivity index (χ1v) is 13.2. The molecule has 1 unspecified atom stereocenters. The summed E-state index contributed by atoms with van der Waals surface area (Å²) >= 11 is 0. The van der Waals surface area contributed by atoms with E-state index >= 15 is 0 Å². The normalized spacial score (nSPS) is 19.3. The van der Waals surface area contributed by atoms with E-state index in [2.05, 4.69) is 20.6 Å². The number of piperazine rings is 1. The van der Waals surface area contributed by atoms with Crippen LogP contribution >= 0.6 is 0 Å². The van der Waals surface area contributed by atoms with Crippen LogP contribution in [0.1, 0.15) is 34.3 Å². The molecule has 2 N–H and O–H groups in total. The topological polar surface area (TPSA) is 111 Å². The minimum Gasteiger partial charge on any atom is -0.368 e. The average molecular weight is 566 g/mol. The summed E-state index contributed by atoms with van der Waals surface area (Å²) in [5.74, 6) is -0.0804. The molecular formula is C28H26F3N7O3. The first-order chi connectivity index (χ1) is 19.7. The summed E-state index contributed by atoms with van der Waals surface area (Å²) in [5.41, 5.74) is 1.74. The number of halogens is 3. The van der Waals surface area contributed by atoms with Gasteiger partial charge in [0.1, 0.15) is 11.9 Å². The number of anilines is 4. The molecule has 6 rings (SSSR count). The van der Waals surface area contributed by atoms with Crippen LogP contribution in [0.25, 0.3) is 0 Å². The van der Waals surface area contributed by atoms with Gasteiger partial charge in [-0.05, 0) is 42.8 Å². The average Bonchev–Trinajstić information content (AvgIpc) is 3.30. The lowest BCUT2D eigenvalue weighted by Crippen LogP contribution is -2.52. The quantitative estimate of drug-likeness (QED) is 0.454. The van der Waals surface area contributed by atoms with Gasteiger partial charge < -0.3 is 20.0 Å². The van der Waals surface area contributed by atoms with Crippen LogP contribution in [0.15, 0.2) is 54.7 Å². The van der Waals surface area contributed by atoms with Crippen molar-refractivity contribution in [2.24, 2.45) is 0 Å². The molecule has 2 saturated heterocycles. The van der Waals surface area contributed by atoms with E-state index in [1.807, 2.05) is 15.9 Å². The van der Waals surface area contributed by atoms with Crippen molar-refractivity contribution in [1.29, 1.82) is 0 Å². The number of aromatic nitrogens is 2. The Balaban J connectivity index is 1.14. The maximum Gasteiger partial charge on any atom is 0.416 e. The molecule has 3 amide bonds. The highest BCUT2D eigenvalue weighted by atomic mass is 19.4. The van der Waals surface area contributed by atoms with E-state index < -0.39 is 23.7 Å². The molecule has 0 spiro atoms. The smallest absolute Gasteiger partial charge is 0.368 e. The SMILES string of the molecule is O=C1CCC(N2Cc3c(Nc4ccnc(N5CCN(c6cccc(C(F)(F)F)c6)CC5)n4)cccc3C2=O)C(=O)N1. The second-order valence-corrected chi connectivity index (χ2v) is 10.1. The zero-order valence-electron chi connectivity index (χ0n) is 21.8. The number of benzene rings is 2. The van der Waals surface area contributed by atoms with Gasteiger partial charge >= 0.3 is 6.18 Å². The molecule has 3 aliphatic heterocycles. The van der Waals surface area contributed by atoms with Crippen molar-refractivity contribution < 1.29 is 27.6 Å². The number of hydrogen-bond acceptors (Lipinski definition) is 8. The van der Waals surface area contributed by atoms with Crippen molar-refractivity contribution in [3.63, 3.8) is 0 Å². The molecule has 1 aromatic heterocycles. The molecule has 3 aromatic rings. The first-order valence-electron chi connectivity index (χ1n) is 13.2. The van der Waals surface area contributed by atoms with Crippen LogP contribution in [-0.4, -0.2) is 64.8 Å². The van der Waals surface area contributed by atoms with E-state index in [9.17, 15) is 27.6 Å². The number of carbonyl (C=O) groups is 3. The number of carbonyl (C=O) groups excluding carboxylic acids is 3. The summed E-state index contributed by atoms with van der Waals surface area (Å²) < 4.78 is 39.4. The van der Waals surface area contributed by atoms with Crippen LogP contribution in [0.2, 0.25) is 0 Å². The fourth-order valence-corrected chi connectivity index (χ4v) is 5.45. The Morgan fingerprint density at radius 2 is 1.71 bits per heavy atom. The van der Waals surface area contributed by atoms with Gasteiger partial charge in [-0.25, -0.2) is 4.98 Å². The highest BCUT2D eigenvalue weighted by molar-refractivity contribution is 6.06. The molecule has 0 bridgehead atoms. The maximum absolute atomic E-state index is 13.1. The van der Waals surface area contributed by atoms with Crippen molar-refractivity contribution in [3.8, 4) is 0 Å². The fourth-order valence-electron chi connectivity index (χ4n) is 5.45. The molecule has 0 aliphatic carbocycles. The molecule has 4 heterocycles. The van der Waals surface area contributed by atoms with E-state index in [4.69, 9.17) is 0 Å². The zero-order chi connectivity index (χ0) is 28.7. The van der Waals surface area contributed by atoms with Crippen molar-refractivity contribution in [2.45, 2.75) is 31.6 Å². The molecule has 2 aromatic carbocycles. The van der Waals surface area contributed by atoms with Gasteiger partial charge in [0.25, 0.3) is 5.91 Å². The maximum atomic E-state index is 13.1. The summed E-state index contributed by atoms with van der Waals surface area (Å²) in [6.45, 7) is 2.28. The first kappa shape index (κ1) is 26.5. The van der Waals surface area contributed by atoms with Gasteiger partial charge in [-0.2, -0.15) is 18.2 Å². The van der Waals surface area contributed by atoms with Crippen molar-refractivity contribution in [3.05, 3.63) is 71.4 Å². The Hall–Kier alpha value is -4.68. The van der Waals surface area contributed by atoms with E-state index in [-0.39, 0.29) is 31.2 Å². The molecule has 0 saturated carbocycles. The minimum atomic E-state index is -4.39. The highest BCUT2D eigenvalue weighted by Gasteiger charge is 2.40. The monoisotopic (exact) mass is 565 g/mol. The third kappa shape index (κ3) is 5.26. The van der Waals surface area contributed by atoms with Crippen LogP contribution in [0.5, 0.6) is 0 Å². The van der Waals surface area contributed by atoms with Gasteiger partial charge in [0.2, 0.25) is 17.8 Å². The predicted octanol–water partition coefficient (Wildman–Crippen LogP) is 3.33. The molecule has 1 atom stereocenters. The highest BCUT2D eigenvalue weighted by Crippen LogP contribution is 2.34. The van der Waals surface area contributed by atoms with Crippen LogP contribution in [0.4, 0.5) is 36.3 Å². The number of alkyl halides is 3. The summed E-state index contributed by atoms with van der Waals surface area (Å²) in [4.78, 5) is 51.5. The lowest BCUT2D eigenvalue weighted by atomic mass is 10.0. The van der Waals surface area contributed by atoms with Gasteiger partial charge in [-0.1, -0.05) is 12.1 Å². The van der Waals surface area contributed by atoms with E-state index in [1.54, 1.807) is 30.5 Å². The second-order valence-electron chi connectivity index (χ2n) is 10.1. The molecule has 2 fully saturated rings. The van der Waals surface area contributed by atoms with Gasteiger partial charge in [0.05, 0.1) is 5.56 Å². The van der Waals surface area contributed by atoms with Gasteiger partial charge in [0.15, 0.2) is 0 Å².